The van der Waals surface area contributed by atoms with Crippen LogP contribution in [-0.2, 0) is 28.6 Å². The van der Waals surface area contributed by atoms with Gasteiger partial charge >= 0.3 is 17.9 Å². The number of unbranched alkanes of at least 4 members (excludes halogenated alkanes) is 23. The predicted molar refractivity (Wildman–Crippen MR) is 334 cm³/mol. The van der Waals surface area contributed by atoms with Crippen molar-refractivity contribution in [2.75, 3.05) is 13.2 Å². The molecule has 0 saturated heterocycles. The third kappa shape index (κ3) is 62.3. The van der Waals surface area contributed by atoms with Gasteiger partial charge in [0, 0.05) is 19.3 Å². The van der Waals surface area contributed by atoms with Crippen molar-refractivity contribution in [3.63, 3.8) is 0 Å². The molecule has 0 aromatic heterocycles. The average molecular weight is 1070 g/mol. The van der Waals surface area contributed by atoms with Gasteiger partial charge in [-0.3, -0.25) is 14.4 Å². The van der Waals surface area contributed by atoms with E-state index in [0.717, 1.165) is 148 Å². The Morgan fingerprint density at radius 1 is 0.273 bits per heavy atom. The maximum atomic E-state index is 12.9. The highest BCUT2D eigenvalue weighted by molar-refractivity contribution is 5.71. The Morgan fingerprint density at radius 3 is 0.805 bits per heavy atom. The molecular weight excluding hydrogens is 949 g/mol. The summed E-state index contributed by atoms with van der Waals surface area (Å²) in [5.74, 6) is -0.956. The van der Waals surface area contributed by atoms with Crippen molar-refractivity contribution in [3.05, 3.63) is 134 Å². The Bertz CT molecular complexity index is 1650. The van der Waals surface area contributed by atoms with Crippen LogP contribution >= 0.6 is 0 Å². The normalized spacial score (nSPS) is 13.0. The fraction of sp³-hybridized carbons (Fsp3) is 0.648. The quantitative estimate of drug-likeness (QED) is 0.0261. The monoisotopic (exact) mass is 1060 g/mol. The second-order valence-corrected chi connectivity index (χ2v) is 20.5. The molecule has 0 amide bonds. The van der Waals surface area contributed by atoms with E-state index in [-0.39, 0.29) is 37.5 Å². The van der Waals surface area contributed by atoms with Crippen LogP contribution in [-0.4, -0.2) is 37.2 Å². The van der Waals surface area contributed by atoms with Crippen molar-refractivity contribution in [3.8, 4) is 0 Å². The van der Waals surface area contributed by atoms with Crippen molar-refractivity contribution in [1.82, 2.24) is 0 Å². The summed E-state index contributed by atoms with van der Waals surface area (Å²) in [6, 6.07) is 0. The second-order valence-electron chi connectivity index (χ2n) is 20.5. The molecule has 0 heterocycles. The lowest BCUT2D eigenvalue weighted by atomic mass is 10.1. The van der Waals surface area contributed by atoms with E-state index < -0.39 is 6.10 Å². The van der Waals surface area contributed by atoms with E-state index in [1.54, 1.807) is 0 Å². The van der Waals surface area contributed by atoms with Gasteiger partial charge in [0.05, 0.1) is 0 Å². The number of hydrogen-bond donors (Lipinski definition) is 0. The molecule has 0 N–H and O–H groups in total. The van der Waals surface area contributed by atoms with Crippen LogP contribution < -0.4 is 0 Å². The van der Waals surface area contributed by atoms with Crippen LogP contribution in [0.5, 0.6) is 0 Å². The molecule has 0 saturated carbocycles. The molecule has 77 heavy (non-hydrogen) atoms. The zero-order chi connectivity index (χ0) is 55.7. The van der Waals surface area contributed by atoms with Gasteiger partial charge in [-0.25, -0.2) is 0 Å². The molecule has 0 aliphatic carbocycles. The van der Waals surface area contributed by atoms with Crippen LogP contribution in [0.25, 0.3) is 0 Å². The predicted octanol–water partition coefficient (Wildman–Crippen LogP) is 21.8. The summed E-state index contributed by atoms with van der Waals surface area (Å²) in [5.41, 5.74) is 0. The van der Waals surface area contributed by atoms with Gasteiger partial charge in [0.25, 0.3) is 0 Å². The molecule has 6 nitrogen and oxygen atoms in total. The van der Waals surface area contributed by atoms with Crippen molar-refractivity contribution in [1.29, 1.82) is 0 Å². The molecule has 0 aliphatic rings. The van der Waals surface area contributed by atoms with Gasteiger partial charge in [0.2, 0.25) is 0 Å². The summed E-state index contributed by atoms with van der Waals surface area (Å²) >= 11 is 0. The van der Waals surface area contributed by atoms with Gasteiger partial charge in [0.15, 0.2) is 6.10 Å². The van der Waals surface area contributed by atoms with E-state index in [4.69, 9.17) is 14.2 Å². The molecule has 0 aromatic carbocycles. The number of esters is 3. The number of ether oxygens (including phenoxy) is 3. The number of hydrogen-bond acceptors (Lipinski definition) is 6. The van der Waals surface area contributed by atoms with Gasteiger partial charge in [0.1, 0.15) is 13.2 Å². The molecule has 0 radical (unpaired) electrons. The first kappa shape index (κ1) is 72.5. The molecule has 0 bridgehead atoms. The van der Waals surface area contributed by atoms with Crippen LogP contribution in [0.3, 0.4) is 0 Å². The van der Waals surface area contributed by atoms with Gasteiger partial charge in [-0.15, -0.1) is 0 Å². The summed E-state index contributed by atoms with van der Waals surface area (Å²) in [6.07, 6.45) is 90.2. The van der Waals surface area contributed by atoms with E-state index >= 15 is 0 Å². The van der Waals surface area contributed by atoms with E-state index in [1.165, 1.54) is 89.9 Å². The summed E-state index contributed by atoms with van der Waals surface area (Å²) in [6.45, 7) is 6.36. The number of carbonyl (C=O) groups is 3. The Hall–Kier alpha value is -4.45. The van der Waals surface area contributed by atoms with Crippen LogP contribution in [0.1, 0.15) is 278 Å². The molecule has 436 valence electrons. The minimum atomic E-state index is -0.811. The van der Waals surface area contributed by atoms with Gasteiger partial charge in [-0.05, 0) is 135 Å². The number of rotatable bonds is 56. The van der Waals surface area contributed by atoms with Crippen LogP contribution in [0.4, 0.5) is 0 Å². The maximum Gasteiger partial charge on any atom is 0.306 e. The SMILES string of the molecule is CC/C=C\C/C=C\C/C=C\C/C=C\C/C=C\CCCCCC(=O)OC(COC(=O)CCCCCCC/C=C\C/C=C\C/C=C\CC)COC(=O)CCCCCCCCCCCC/C=C\C/C=C\C/C=C\CCCCCCC. The highest BCUT2D eigenvalue weighted by Gasteiger charge is 2.19. The third-order valence-electron chi connectivity index (χ3n) is 13.1. The third-order valence-corrected chi connectivity index (χ3v) is 13.1. The number of allylic oxidation sites excluding steroid dienone is 22. The molecule has 0 aliphatic heterocycles. The Balaban J connectivity index is 4.44. The van der Waals surface area contributed by atoms with Crippen molar-refractivity contribution >= 4 is 17.9 Å². The molecule has 0 spiro atoms. The summed E-state index contributed by atoms with van der Waals surface area (Å²) in [5, 5.41) is 0. The van der Waals surface area contributed by atoms with E-state index in [9.17, 15) is 14.4 Å². The summed E-state index contributed by atoms with van der Waals surface area (Å²) in [7, 11) is 0. The van der Waals surface area contributed by atoms with Gasteiger partial charge < -0.3 is 14.2 Å². The lowest BCUT2D eigenvalue weighted by Crippen LogP contribution is -2.30. The van der Waals surface area contributed by atoms with Gasteiger partial charge in [-0.2, -0.15) is 0 Å². The standard InChI is InChI=1S/C71H116O6/c1-4-7-10-13-16-19-22-25-28-30-32-33-34-35-36-37-39-40-43-46-49-52-55-58-61-64-70(73)76-67-68(66-75-69(72)63-60-57-54-51-48-45-42-27-24-21-18-15-12-9-6-3)77-71(74)65-62-59-56-53-50-47-44-41-38-31-29-26-23-20-17-14-11-8-5-2/h8-9,11-12,17-18,20-22,25-27,29-30,32,34-35,38,41-42,47,50,68H,4-7,10,13-16,19,23-24,28,31,33,36-37,39-40,43-46,48-49,51-67H2,1-3H3/b11-8-,12-9-,20-17-,21-18-,25-22-,29-26-,32-30-,35-34-,41-38-,42-27-,50-47-. The molecule has 6 heteroatoms. The highest BCUT2D eigenvalue weighted by Crippen LogP contribution is 2.15. The maximum absolute atomic E-state index is 12.9. The van der Waals surface area contributed by atoms with Crippen molar-refractivity contribution in [2.24, 2.45) is 0 Å². The minimum Gasteiger partial charge on any atom is -0.462 e. The molecular formula is C71H116O6. The van der Waals surface area contributed by atoms with Gasteiger partial charge in [-0.1, -0.05) is 257 Å². The second kappa shape index (κ2) is 64.1. The minimum absolute atomic E-state index is 0.103. The fourth-order valence-corrected chi connectivity index (χ4v) is 8.43. The Labute approximate surface area is 475 Å². The topological polar surface area (TPSA) is 78.9 Å². The van der Waals surface area contributed by atoms with E-state index in [2.05, 4.69) is 154 Å². The fourth-order valence-electron chi connectivity index (χ4n) is 8.43. The first-order valence-electron chi connectivity index (χ1n) is 31.7. The highest BCUT2D eigenvalue weighted by atomic mass is 16.6. The largest absolute Gasteiger partial charge is 0.462 e. The summed E-state index contributed by atoms with van der Waals surface area (Å²) in [4.78, 5) is 38.3. The van der Waals surface area contributed by atoms with Crippen molar-refractivity contribution < 1.29 is 28.6 Å². The Morgan fingerprint density at radius 2 is 0.506 bits per heavy atom. The molecule has 0 aromatic rings. The molecule has 1 unspecified atom stereocenters. The first-order valence-corrected chi connectivity index (χ1v) is 31.7. The smallest absolute Gasteiger partial charge is 0.306 e. The van der Waals surface area contributed by atoms with Crippen LogP contribution in [0.15, 0.2) is 134 Å². The molecule has 0 rings (SSSR count). The summed E-state index contributed by atoms with van der Waals surface area (Å²) < 4.78 is 16.9. The molecule has 1 atom stereocenters. The lowest BCUT2D eigenvalue weighted by molar-refractivity contribution is -0.167. The Kier molecular flexibility index (Phi) is 60.4. The van der Waals surface area contributed by atoms with Crippen molar-refractivity contribution in [2.45, 2.75) is 284 Å². The van der Waals surface area contributed by atoms with E-state index in [1.807, 2.05) is 0 Å². The lowest BCUT2D eigenvalue weighted by Gasteiger charge is -2.18. The average Bonchev–Trinajstić information content (AvgIpc) is 3.43. The first-order chi connectivity index (χ1) is 38.0. The van der Waals surface area contributed by atoms with Crippen LogP contribution in [0, 0.1) is 0 Å². The molecule has 0 fully saturated rings. The van der Waals surface area contributed by atoms with Crippen LogP contribution in [0.2, 0.25) is 0 Å². The zero-order valence-electron chi connectivity index (χ0n) is 49.9. The zero-order valence-corrected chi connectivity index (χ0v) is 49.9. The number of carbonyl (C=O) groups excluding carboxylic acids is 3. The van der Waals surface area contributed by atoms with E-state index in [0.29, 0.717) is 12.8 Å².